The lowest BCUT2D eigenvalue weighted by molar-refractivity contribution is 0.472. The molecular weight excluding hydrogens is 246 g/mol. The third kappa shape index (κ3) is 2.75. The Bertz CT molecular complexity index is 537. The van der Waals surface area contributed by atoms with Crippen molar-refractivity contribution in [2.24, 2.45) is 11.7 Å². The van der Waals surface area contributed by atoms with Gasteiger partial charge in [0.15, 0.2) is 9.84 Å². The van der Waals surface area contributed by atoms with Gasteiger partial charge in [-0.3, -0.25) is 0 Å². The number of benzene rings is 1. The predicted octanol–water partition coefficient (Wildman–Crippen LogP) is 1.78. The summed E-state index contributed by atoms with van der Waals surface area (Å²) in [5.41, 5.74) is 9.54. The van der Waals surface area contributed by atoms with E-state index in [0.717, 1.165) is 6.42 Å². The van der Waals surface area contributed by atoms with Crippen LogP contribution in [0.15, 0.2) is 18.2 Å². The summed E-state index contributed by atoms with van der Waals surface area (Å²) in [6.45, 7) is 4.66. The zero-order chi connectivity index (χ0) is 13.3. The Labute approximate surface area is 109 Å². The van der Waals surface area contributed by atoms with E-state index < -0.39 is 9.84 Å². The normalized spacial score (nSPS) is 24.1. The first-order chi connectivity index (χ1) is 8.43. The van der Waals surface area contributed by atoms with E-state index in [2.05, 4.69) is 32.0 Å². The van der Waals surface area contributed by atoms with Gasteiger partial charge in [-0.05, 0) is 43.9 Å². The molecule has 0 aromatic heterocycles. The van der Waals surface area contributed by atoms with Crippen LogP contribution in [-0.4, -0.2) is 26.5 Å². The quantitative estimate of drug-likeness (QED) is 0.908. The summed E-state index contributed by atoms with van der Waals surface area (Å²) in [5.74, 6) is 0.964. The van der Waals surface area contributed by atoms with E-state index in [0.29, 0.717) is 18.1 Å². The average Bonchev–Trinajstić information content (AvgIpc) is 2.63. The second-order valence-corrected chi connectivity index (χ2v) is 7.59. The molecule has 0 saturated carbocycles. The van der Waals surface area contributed by atoms with Crippen LogP contribution < -0.4 is 5.73 Å². The minimum absolute atomic E-state index is 0.169. The Balaban J connectivity index is 2.29. The van der Waals surface area contributed by atoms with Crippen LogP contribution in [0.1, 0.15) is 29.0 Å². The first-order valence-electron chi connectivity index (χ1n) is 6.40. The number of hydrogen-bond donors (Lipinski definition) is 1. The minimum atomic E-state index is -2.84. The van der Waals surface area contributed by atoms with Crippen LogP contribution in [0.4, 0.5) is 0 Å². The number of rotatable bonds is 3. The molecule has 0 amide bonds. The van der Waals surface area contributed by atoms with Gasteiger partial charge in [-0.15, -0.1) is 0 Å². The van der Waals surface area contributed by atoms with Gasteiger partial charge in [0.2, 0.25) is 0 Å². The van der Waals surface area contributed by atoms with Gasteiger partial charge in [-0.25, -0.2) is 8.42 Å². The fourth-order valence-electron chi connectivity index (χ4n) is 2.96. The lowest BCUT2D eigenvalue weighted by atomic mass is 9.83. The van der Waals surface area contributed by atoms with E-state index in [-0.39, 0.29) is 11.8 Å². The van der Waals surface area contributed by atoms with Gasteiger partial charge in [0.25, 0.3) is 0 Å². The van der Waals surface area contributed by atoms with E-state index in [1.165, 1.54) is 16.7 Å². The molecule has 18 heavy (non-hydrogen) atoms. The van der Waals surface area contributed by atoms with Crippen molar-refractivity contribution in [2.75, 3.05) is 18.1 Å². The van der Waals surface area contributed by atoms with Crippen LogP contribution in [0.5, 0.6) is 0 Å². The van der Waals surface area contributed by atoms with Crippen molar-refractivity contribution in [3.8, 4) is 0 Å². The van der Waals surface area contributed by atoms with Crippen molar-refractivity contribution in [1.29, 1.82) is 0 Å². The van der Waals surface area contributed by atoms with E-state index in [9.17, 15) is 8.42 Å². The van der Waals surface area contributed by atoms with Gasteiger partial charge in [0.05, 0.1) is 11.5 Å². The fraction of sp³-hybridized carbons (Fsp3) is 0.571. The summed E-state index contributed by atoms with van der Waals surface area (Å²) in [5, 5.41) is 0. The molecule has 2 N–H and O–H groups in total. The largest absolute Gasteiger partial charge is 0.330 e. The van der Waals surface area contributed by atoms with Crippen LogP contribution in [0, 0.1) is 19.8 Å². The first kappa shape index (κ1) is 13.6. The van der Waals surface area contributed by atoms with Gasteiger partial charge >= 0.3 is 0 Å². The molecule has 0 bridgehead atoms. The molecule has 0 spiro atoms. The van der Waals surface area contributed by atoms with Gasteiger partial charge in [0.1, 0.15) is 0 Å². The third-order valence-electron chi connectivity index (χ3n) is 3.92. The van der Waals surface area contributed by atoms with Gasteiger partial charge in [-0.2, -0.15) is 0 Å². The maximum Gasteiger partial charge on any atom is 0.150 e. The van der Waals surface area contributed by atoms with Gasteiger partial charge in [0, 0.05) is 5.92 Å². The first-order valence-corrected chi connectivity index (χ1v) is 8.23. The topological polar surface area (TPSA) is 60.2 Å². The third-order valence-corrected chi connectivity index (χ3v) is 5.71. The second-order valence-electron chi connectivity index (χ2n) is 5.37. The van der Waals surface area contributed by atoms with E-state index in [4.69, 9.17) is 5.73 Å². The Kier molecular flexibility index (Phi) is 3.78. The van der Waals surface area contributed by atoms with Gasteiger partial charge in [-0.1, -0.05) is 23.8 Å². The number of sulfone groups is 1. The Hall–Kier alpha value is -0.870. The van der Waals surface area contributed by atoms with Crippen molar-refractivity contribution in [3.05, 3.63) is 34.9 Å². The molecule has 2 unspecified atom stereocenters. The number of hydrogen-bond acceptors (Lipinski definition) is 3. The van der Waals surface area contributed by atoms with Crippen LogP contribution in [0.3, 0.4) is 0 Å². The molecule has 1 aromatic rings. The average molecular weight is 267 g/mol. The zero-order valence-corrected chi connectivity index (χ0v) is 11.8. The predicted molar refractivity (Wildman–Crippen MR) is 74.5 cm³/mol. The molecule has 4 heteroatoms. The molecular formula is C14H21NO2S. The SMILES string of the molecule is Cc1ccc(C(CN)C2CCS(=O)(=O)C2)c(C)c1. The van der Waals surface area contributed by atoms with E-state index >= 15 is 0 Å². The molecule has 1 saturated heterocycles. The molecule has 1 fully saturated rings. The highest BCUT2D eigenvalue weighted by atomic mass is 32.2. The van der Waals surface area contributed by atoms with E-state index in [1.54, 1.807) is 0 Å². The standard InChI is InChI=1S/C14H21NO2S/c1-10-3-4-13(11(2)7-10)14(8-15)12-5-6-18(16,17)9-12/h3-4,7,12,14H,5-6,8-9,15H2,1-2H3. The highest BCUT2D eigenvalue weighted by Gasteiger charge is 2.34. The Morgan fingerprint density at radius 3 is 2.61 bits per heavy atom. The smallest absolute Gasteiger partial charge is 0.150 e. The molecule has 1 heterocycles. The van der Waals surface area contributed by atoms with Crippen LogP contribution >= 0.6 is 0 Å². The van der Waals surface area contributed by atoms with Crippen molar-refractivity contribution in [3.63, 3.8) is 0 Å². The molecule has 0 radical (unpaired) electrons. The minimum Gasteiger partial charge on any atom is -0.330 e. The summed E-state index contributed by atoms with van der Waals surface area (Å²) in [4.78, 5) is 0. The zero-order valence-electron chi connectivity index (χ0n) is 11.0. The summed E-state index contributed by atoms with van der Waals surface area (Å²) in [6, 6.07) is 6.32. The number of aryl methyl sites for hydroxylation is 2. The summed E-state index contributed by atoms with van der Waals surface area (Å²) in [6.07, 6.45) is 0.748. The molecule has 100 valence electrons. The molecule has 2 rings (SSSR count). The lowest BCUT2D eigenvalue weighted by Gasteiger charge is -2.23. The second kappa shape index (κ2) is 5.02. The van der Waals surface area contributed by atoms with Gasteiger partial charge < -0.3 is 5.73 Å². The summed E-state index contributed by atoms with van der Waals surface area (Å²) >= 11 is 0. The maximum absolute atomic E-state index is 11.6. The molecule has 3 nitrogen and oxygen atoms in total. The Morgan fingerprint density at radius 2 is 2.11 bits per heavy atom. The summed E-state index contributed by atoms with van der Waals surface area (Å²) < 4.78 is 23.2. The molecule has 1 aliphatic rings. The lowest BCUT2D eigenvalue weighted by Crippen LogP contribution is -2.23. The Morgan fingerprint density at radius 1 is 1.39 bits per heavy atom. The van der Waals surface area contributed by atoms with Crippen molar-refractivity contribution in [1.82, 2.24) is 0 Å². The van der Waals surface area contributed by atoms with Crippen LogP contribution in [-0.2, 0) is 9.84 Å². The van der Waals surface area contributed by atoms with Crippen molar-refractivity contribution >= 4 is 9.84 Å². The van der Waals surface area contributed by atoms with Crippen molar-refractivity contribution in [2.45, 2.75) is 26.2 Å². The van der Waals surface area contributed by atoms with Crippen LogP contribution in [0.25, 0.3) is 0 Å². The maximum atomic E-state index is 11.6. The van der Waals surface area contributed by atoms with Crippen molar-refractivity contribution < 1.29 is 8.42 Å². The molecule has 2 atom stereocenters. The highest BCUT2D eigenvalue weighted by Crippen LogP contribution is 2.34. The highest BCUT2D eigenvalue weighted by molar-refractivity contribution is 7.91. The molecule has 1 aliphatic heterocycles. The monoisotopic (exact) mass is 267 g/mol. The molecule has 0 aliphatic carbocycles. The summed E-state index contributed by atoms with van der Waals surface area (Å²) in [7, 11) is -2.84. The van der Waals surface area contributed by atoms with E-state index in [1.807, 2.05) is 0 Å². The fourth-order valence-corrected chi connectivity index (χ4v) is 4.84. The number of nitrogens with two attached hydrogens (primary N) is 1. The molecule has 1 aromatic carbocycles. The van der Waals surface area contributed by atoms with Crippen LogP contribution in [0.2, 0.25) is 0 Å².